The van der Waals surface area contributed by atoms with E-state index in [4.69, 9.17) is 4.74 Å². The SMILES string of the molecule is COc1cc2sc(C(=O)O)c(Sc3cccc(O)c3)c2cc1C. The van der Waals surface area contributed by atoms with Crippen LogP contribution in [0.5, 0.6) is 11.5 Å². The maximum absolute atomic E-state index is 11.6. The molecule has 0 unspecified atom stereocenters. The van der Waals surface area contributed by atoms with Gasteiger partial charge in [-0.2, -0.15) is 0 Å². The molecule has 0 fully saturated rings. The number of hydrogen-bond acceptors (Lipinski definition) is 5. The summed E-state index contributed by atoms with van der Waals surface area (Å²) >= 11 is 2.57. The Hall–Kier alpha value is -2.18. The molecule has 0 aliphatic heterocycles. The molecule has 1 heterocycles. The van der Waals surface area contributed by atoms with Crippen molar-refractivity contribution in [3.05, 3.63) is 46.8 Å². The van der Waals surface area contributed by atoms with Crippen LogP contribution in [0.1, 0.15) is 15.2 Å². The monoisotopic (exact) mass is 346 g/mol. The third-order valence-corrected chi connectivity index (χ3v) is 5.78. The highest BCUT2D eigenvalue weighted by atomic mass is 32.2. The smallest absolute Gasteiger partial charge is 0.347 e. The van der Waals surface area contributed by atoms with Crippen LogP contribution in [0.3, 0.4) is 0 Å². The van der Waals surface area contributed by atoms with Crippen LogP contribution in [0.25, 0.3) is 10.1 Å². The van der Waals surface area contributed by atoms with Crippen molar-refractivity contribution in [2.24, 2.45) is 0 Å². The maximum atomic E-state index is 11.6. The lowest BCUT2D eigenvalue weighted by molar-refractivity contribution is 0.0699. The minimum absolute atomic E-state index is 0.157. The molecule has 118 valence electrons. The number of fused-ring (bicyclic) bond motifs is 1. The van der Waals surface area contributed by atoms with E-state index < -0.39 is 5.97 Å². The largest absolute Gasteiger partial charge is 0.508 e. The van der Waals surface area contributed by atoms with Crippen molar-refractivity contribution in [1.82, 2.24) is 0 Å². The number of benzene rings is 2. The topological polar surface area (TPSA) is 66.8 Å². The van der Waals surface area contributed by atoms with Gasteiger partial charge in [0.05, 0.1) is 7.11 Å². The zero-order valence-corrected chi connectivity index (χ0v) is 14.1. The number of thiophene rings is 1. The van der Waals surface area contributed by atoms with E-state index >= 15 is 0 Å². The number of carboxylic acids is 1. The second-order valence-electron chi connectivity index (χ2n) is 4.98. The number of aromatic carboxylic acids is 1. The molecular weight excluding hydrogens is 332 g/mol. The Morgan fingerprint density at radius 3 is 2.70 bits per heavy atom. The summed E-state index contributed by atoms with van der Waals surface area (Å²) in [5.41, 5.74) is 0.951. The molecule has 1 aromatic heterocycles. The van der Waals surface area contributed by atoms with Crippen molar-refractivity contribution in [3.63, 3.8) is 0 Å². The van der Waals surface area contributed by atoms with Crippen molar-refractivity contribution < 1.29 is 19.7 Å². The summed E-state index contributed by atoms with van der Waals surface area (Å²) in [4.78, 5) is 13.4. The van der Waals surface area contributed by atoms with E-state index in [1.54, 1.807) is 25.3 Å². The number of aromatic hydroxyl groups is 1. The van der Waals surface area contributed by atoms with Gasteiger partial charge in [0.15, 0.2) is 0 Å². The van der Waals surface area contributed by atoms with E-state index in [1.165, 1.54) is 23.1 Å². The number of rotatable bonds is 4. The predicted octanol–water partition coefficient (Wildman–Crippen LogP) is 4.77. The molecule has 0 spiro atoms. The summed E-state index contributed by atoms with van der Waals surface area (Å²) < 4.78 is 6.18. The summed E-state index contributed by atoms with van der Waals surface area (Å²) in [5, 5.41) is 20.0. The molecule has 0 amide bonds. The van der Waals surface area contributed by atoms with E-state index in [1.807, 2.05) is 25.1 Å². The molecule has 2 aromatic carbocycles. The normalized spacial score (nSPS) is 10.9. The number of methoxy groups -OCH3 is 1. The van der Waals surface area contributed by atoms with Gasteiger partial charge in [0, 0.05) is 19.9 Å². The van der Waals surface area contributed by atoms with Crippen molar-refractivity contribution in [2.45, 2.75) is 16.7 Å². The van der Waals surface area contributed by atoms with Crippen molar-refractivity contribution in [2.75, 3.05) is 7.11 Å². The quantitative estimate of drug-likeness (QED) is 0.712. The molecule has 6 heteroatoms. The highest BCUT2D eigenvalue weighted by Crippen LogP contribution is 2.44. The lowest BCUT2D eigenvalue weighted by atomic mass is 10.1. The Kier molecular flexibility index (Phi) is 4.19. The Balaban J connectivity index is 2.18. The zero-order valence-electron chi connectivity index (χ0n) is 12.5. The van der Waals surface area contributed by atoms with Gasteiger partial charge in [0.25, 0.3) is 0 Å². The van der Waals surface area contributed by atoms with E-state index in [2.05, 4.69) is 0 Å². The van der Waals surface area contributed by atoms with E-state index in [-0.39, 0.29) is 5.75 Å². The van der Waals surface area contributed by atoms with E-state index in [9.17, 15) is 15.0 Å². The molecule has 0 saturated carbocycles. The Morgan fingerprint density at radius 1 is 1.26 bits per heavy atom. The molecule has 3 rings (SSSR count). The van der Waals surface area contributed by atoms with Crippen LogP contribution in [0.4, 0.5) is 0 Å². The van der Waals surface area contributed by atoms with Crippen molar-refractivity contribution >= 4 is 39.2 Å². The van der Waals surface area contributed by atoms with Gasteiger partial charge in [0.1, 0.15) is 16.4 Å². The highest BCUT2D eigenvalue weighted by molar-refractivity contribution is 7.99. The first-order chi connectivity index (χ1) is 11.0. The molecule has 0 saturated heterocycles. The zero-order chi connectivity index (χ0) is 16.6. The third-order valence-electron chi connectivity index (χ3n) is 3.39. The number of aryl methyl sites for hydroxylation is 1. The number of ether oxygens (including phenoxy) is 1. The second-order valence-corrected chi connectivity index (χ2v) is 7.12. The van der Waals surface area contributed by atoms with Gasteiger partial charge in [-0.05, 0) is 42.8 Å². The first-order valence-electron chi connectivity index (χ1n) is 6.81. The number of carboxylic acid groups (broad SMARTS) is 1. The van der Waals surface area contributed by atoms with Crippen molar-refractivity contribution in [1.29, 1.82) is 0 Å². The fourth-order valence-corrected chi connectivity index (χ4v) is 4.62. The fraction of sp³-hybridized carbons (Fsp3) is 0.118. The first kappa shape index (κ1) is 15.7. The molecular formula is C17H14O4S2. The van der Waals surface area contributed by atoms with E-state index in [0.717, 1.165) is 26.3 Å². The molecule has 0 bridgehead atoms. The number of phenols is 1. The van der Waals surface area contributed by atoms with Crippen LogP contribution in [0, 0.1) is 6.92 Å². The highest BCUT2D eigenvalue weighted by Gasteiger charge is 2.20. The summed E-state index contributed by atoms with van der Waals surface area (Å²) in [6.45, 7) is 1.93. The molecule has 3 aromatic rings. The number of carbonyl (C=O) groups is 1. The number of phenolic OH excluding ortho intramolecular Hbond substituents is 1. The standard InChI is InChI=1S/C17H14O4S2/c1-9-6-12-14(8-13(9)21-2)23-16(17(19)20)15(12)22-11-5-3-4-10(18)7-11/h3-8,18H,1-2H3,(H,19,20). The second kappa shape index (κ2) is 6.14. The van der Waals surface area contributed by atoms with Crippen LogP contribution in [0.2, 0.25) is 0 Å². The lowest BCUT2D eigenvalue weighted by Gasteiger charge is -2.06. The summed E-state index contributed by atoms with van der Waals surface area (Å²) in [6.07, 6.45) is 0. The first-order valence-corrected chi connectivity index (χ1v) is 8.44. The van der Waals surface area contributed by atoms with Gasteiger partial charge < -0.3 is 14.9 Å². The molecule has 0 aliphatic carbocycles. The van der Waals surface area contributed by atoms with Gasteiger partial charge >= 0.3 is 5.97 Å². The number of hydrogen-bond donors (Lipinski definition) is 2. The Labute approximate surface area is 141 Å². The maximum Gasteiger partial charge on any atom is 0.347 e. The molecule has 0 atom stereocenters. The molecule has 2 N–H and O–H groups in total. The van der Waals surface area contributed by atoms with Crippen LogP contribution in [-0.4, -0.2) is 23.3 Å². The molecule has 4 nitrogen and oxygen atoms in total. The molecule has 0 radical (unpaired) electrons. The van der Waals surface area contributed by atoms with Crippen LogP contribution in [0.15, 0.2) is 46.2 Å². The minimum atomic E-state index is -0.953. The molecule has 23 heavy (non-hydrogen) atoms. The van der Waals surface area contributed by atoms with Crippen molar-refractivity contribution in [3.8, 4) is 11.5 Å². The summed E-state index contributed by atoms with van der Waals surface area (Å²) in [5.74, 6) is -0.0562. The van der Waals surface area contributed by atoms with Gasteiger partial charge in [-0.25, -0.2) is 4.79 Å². The predicted molar refractivity (Wildman–Crippen MR) is 92.3 cm³/mol. The van der Waals surface area contributed by atoms with Gasteiger partial charge in [-0.1, -0.05) is 17.8 Å². The van der Waals surface area contributed by atoms with E-state index in [0.29, 0.717) is 9.77 Å². The average molecular weight is 346 g/mol. The fourth-order valence-electron chi connectivity index (χ4n) is 2.34. The summed E-state index contributed by atoms with van der Waals surface area (Å²) in [7, 11) is 1.60. The third kappa shape index (κ3) is 3.00. The molecule has 0 aliphatic rings. The van der Waals surface area contributed by atoms with Crippen LogP contribution in [-0.2, 0) is 0 Å². The Morgan fingerprint density at radius 2 is 2.04 bits per heavy atom. The van der Waals surface area contributed by atoms with Gasteiger partial charge in [-0.3, -0.25) is 0 Å². The van der Waals surface area contributed by atoms with Gasteiger partial charge in [0.2, 0.25) is 0 Å². The lowest BCUT2D eigenvalue weighted by Crippen LogP contribution is -1.93. The summed E-state index contributed by atoms with van der Waals surface area (Å²) in [6, 6.07) is 10.6. The minimum Gasteiger partial charge on any atom is -0.508 e. The Bertz CT molecular complexity index is 899. The van der Waals surface area contributed by atoms with Crippen LogP contribution < -0.4 is 4.74 Å². The average Bonchev–Trinajstić information content (AvgIpc) is 2.84. The van der Waals surface area contributed by atoms with Crippen LogP contribution >= 0.6 is 23.1 Å². The van der Waals surface area contributed by atoms with Gasteiger partial charge in [-0.15, -0.1) is 11.3 Å².